The minimum atomic E-state index is -0.392. The van der Waals surface area contributed by atoms with Gasteiger partial charge in [0.25, 0.3) is 0 Å². The summed E-state index contributed by atoms with van der Waals surface area (Å²) in [5.41, 5.74) is 1.43. The molecule has 0 aromatic rings. The van der Waals surface area contributed by atoms with Gasteiger partial charge < -0.3 is 4.74 Å². The fourth-order valence-electron chi connectivity index (χ4n) is 2.88. The number of hydrogen-bond acceptors (Lipinski definition) is 2. The van der Waals surface area contributed by atoms with Crippen LogP contribution in [0.4, 0.5) is 0 Å². The van der Waals surface area contributed by atoms with Gasteiger partial charge in [-0.25, -0.2) is 0 Å². The van der Waals surface area contributed by atoms with Crippen LogP contribution < -0.4 is 0 Å². The smallest absolute Gasteiger partial charge is 0.311 e. The van der Waals surface area contributed by atoms with Crippen LogP contribution in [0.2, 0.25) is 0 Å². The van der Waals surface area contributed by atoms with Crippen molar-refractivity contribution in [3.05, 3.63) is 11.6 Å². The van der Waals surface area contributed by atoms with Crippen molar-refractivity contribution in [1.29, 1.82) is 0 Å². The number of ether oxygens (including phenoxy) is 1. The summed E-state index contributed by atoms with van der Waals surface area (Å²) in [6, 6.07) is 0. The summed E-state index contributed by atoms with van der Waals surface area (Å²) in [6.45, 7) is 10.9. The van der Waals surface area contributed by atoms with E-state index in [-0.39, 0.29) is 5.97 Å². The third-order valence-corrected chi connectivity index (χ3v) is 4.43. The minimum Gasteiger partial charge on any atom is -0.461 e. The van der Waals surface area contributed by atoms with Crippen molar-refractivity contribution in [2.75, 3.05) is 6.61 Å². The molecule has 0 unspecified atom stereocenters. The van der Waals surface area contributed by atoms with Gasteiger partial charge in [0.15, 0.2) is 0 Å². The molecular formula is C15H24O2. The van der Waals surface area contributed by atoms with Crippen molar-refractivity contribution in [2.45, 2.75) is 47.5 Å². The van der Waals surface area contributed by atoms with Gasteiger partial charge in [-0.1, -0.05) is 19.9 Å². The van der Waals surface area contributed by atoms with Crippen LogP contribution in [0.1, 0.15) is 47.5 Å². The Morgan fingerprint density at radius 1 is 1.41 bits per heavy atom. The molecular weight excluding hydrogens is 212 g/mol. The first kappa shape index (κ1) is 12.7. The zero-order valence-corrected chi connectivity index (χ0v) is 11.7. The van der Waals surface area contributed by atoms with Crippen LogP contribution in [0.25, 0.3) is 0 Å². The Morgan fingerprint density at radius 3 is 2.59 bits per heavy atom. The predicted octanol–water partition coefficient (Wildman–Crippen LogP) is 3.57. The molecule has 0 spiro atoms. The lowest BCUT2D eigenvalue weighted by Gasteiger charge is -2.18. The average molecular weight is 236 g/mol. The molecule has 2 atom stereocenters. The van der Waals surface area contributed by atoms with E-state index in [9.17, 15) is 4.79 Å². The van der Waals surface area contributed by atoms with E-state index < -0.39 is 5.41 Å². The molecule has 2 heteroatoms. The van der Waals surface area contributed by atoms with Gasteiger partial charge in [-0.05, 0) is 56.4 Å². The van der Waals surface area contributed by atoms with Crippen LogP contribution in [0, 0.1) is 22.7 Å². The van der Waals surface area contributed by atoms with Gasteiger partial charge in [-0.15, -0.1) is 0 Å². The lowest BCUT2D eigenvalue weighted by Crippen LogP contribution is -2.24. The second kappa shape index (κ2) is 3.86. The van der Waals surface area contributed by atoms with Crippen molar-refractivity contribution < 1.29 is 9.53 Å². The first-order valence-corrected chi connectivity index (χ1v) is 6.58. The Kier molecular flexibility index (Phi) is 2.87. The van der Waals surface area contributed by atoms with Gasteiger partial charge in [0.05, 0.1) is 5.41 Å². The van der Waals surface area contributed by atoms with Crippen LogP contribution in [-0.2, 0) is 9.53 Å². The third kappa shape index (κ3) is 2.41. The van der Waals surface area contributed by atoms with Crippen molar-refractivity contribution in [2.24, 2.45) is 22.7 Å². The Bertz CT molecular complexity index is 358. The molecule has 0 heterocycles. The molecule has 1 saturated carbocycles. The van der Waals surface area contributed by atoms with Crippen molar-refractivity contribution in [3.63, 3.8) is 0 Å². The summed E-state index contributed by atoms with van der Waals surface area (Å²) >= 11 is 0. The van der Waals surface area contributed by atoms with E-state index in [0.29, 0.717) is 12.0 Å². The highest BCUT2D eigenvalue weighted by Gasteiger charge is 2.57. The Morgan fingerprint density at radius 2 is 2.06 bits per heavy atom. The molecule has 2 nitrogen and oxygen atoms in total. The molecule has 0 amide bonds. The van der Waals surface area contributed by atoms with E-state index in [1.54, 1.807) is 0 Å². The monoisotopic (exact) mass is 236 g/mol. The lowest BCUT2D eigenvalue weighted by molar-refractivity contribution is -0.151. The van der Waals surface area contributed by atoms with E-state index in [2.05, 4.69) is 19.9 Å². The Labute approximate surface area is 104 Å². The lowest BCUT2D eigenvalue weighted by atomic mass is 9.97. The number of hydrogen-bond donors (Lipinski definition) is 0. The maximum Gasteiger partial charge on any atom is 0.311 e. The maximum absolute atomic E-state index is 11.7. The summed E-state index contributed by atoms with van der Waals surface area (Å²) in [5, 5.41) is 0. The minimum absolute atomic E-state index is 0.101. The maximum atomic E-state index is 11.7. The number of rotatable bonds is 2. The van der Waals surface area contributed by atoms with Crippen LogP contribution in [0.15, 0.2) is 11.6 Å². The molecule has 0 saturated heterocycles. The molecule has 96 valence electrons. The second-order valence-electron chi connectivity index (χ2n) is 7.16. The van der Waals surface area contributed by atoms with Crippen molar-refractivity contribution >= 4 is 5.97 Å². The second-order valence-corrected chi connectivity index (χ2v) is 7.16. The highest BCUT2D eigenvalue weighted by molar-refractivity contribution is 5.75. The van der Waals surface area contributed by atoms with Crippen LogP contribution in [0.5, 0.6) is 0 Å². The van der Waals surface area contributed by atoms with Gasteiger partial charge in [0.2, 0.25) is 0 Å². The Hall–Kier alpha value is -0.790. The van der Waals surface area contributed by atoms with Gasteiger partial charge in [-0.2, -0.15) is 0 Å². The fraction of sp³-hybridized carbons (Fsp3) is 0.800. The van der Waals surface area contributed by atoms with Crippen LogP contribution in [-0.4, -0.2) is 12.6 Å². The summed E-state index contributed by atoms with van der Waals surface area (Å²) < 4.78 is 5.37. The molecule has 17 heavy (non-hydrogen) atoms. The molecule has 1 fully saturated rings. The highest BCUT2D eigenvalue weighted by atomic mass is 16.5. The number of carbonyl (C=O) groups excluding carboxylic acids is 1. The van der Waals surface area contributed by atoms with E-state index >= 15 is 0 Å². The highest BCUT2D eigenvalue weighted by Crippen LogP contribution is 2.64. The number of carbonyl (C=O) groups is 1. The predicted molar refractivity (Wildman–Crippen MR) is 68.5 cm³/mol. The zero-order valence-electron chi connectivity index (χ0n) is 11.7. The van der Waals surface area contributed by atoms with Gasteiger partial charge >= 0.3 is 5.97 Å². The molecule has 0 aromatic carbocycles. The molecule has 0 bridgehead atoms. The van der Waals surface area contributed by atoms with E-state index in [1.165, 1.54) is 12.0 Å². The van der Waals surface area contributed by atoms with E-state index in [1.807, 2.05) is 20.8 Å². The SMILES string of the molecule is CC(C)(C)C(=O)OCC1=CC[C@H]2[C@@H](C1)C2(C)C. The molecule has 0 N–H and O–H groups in total. The first-order chi connectivity index (χ1) is 7.73. The van der Waals surface area contributed by atoms with Crippen molar-refractivity contribution in [3.8, 4) is 0 Å². The quantitative estimate of drug-likeness (QED) is 0.541. The molecule has 2 aliphatic rings. The van der Waals surface area contributed by atoms with Gasteiger partial charge in [0.1, 0.15) is 6.61 Å². The molecule has 0 radical (unpaired) electrons. The van der Waals surface area contributed by atoms with Crippen LogP contribution in [0.3, 0.4) is 0 Å². The van der Waals surface area contributed by atoms with Crippen LogP contribution >= 0.6 is 0 Å². The van der Waals surface area contributed by atoms with E-state index in [0.717, 1.165) is 18.3 Å². The van der Waals surface area contributed by atoms with Gasteiger partial charge in [-0.3, -0.25) is 4.79 Å². The van der Waals surface area contributed by atoms with E-state index in [4.69, 9.17) is 4.74 Å². The number of esters is 1. The fourth-order valence-corrected chi connectivity index (χ4v) is 2.88. The summed E-state index contributed by atoms with van der Waals surface area (Å²) in [7, 11) is 0. The van der Waals surface area contributed by atoms with Crippen molar-refractivity contribution in [1.82, 2.24) is 0 Å². The normalized spacial score (nSPS) is 30.3. The molecule has 0 aliphatic heterocycles. The topological polar surface area (TPSA) is 26.3 Å². The molecule has 0 aromatic heterocycles. The standard InChI is InChI=1S/C15H24O2/c1-14(2,3)13(16)17-9-10-6-7-11-12(8-10)15(11,4)5/h6,11-12H,7-9H2,1-5H3/t11-,12+/m0/s1. The number of fused-ring (bicyclic) bond motifs is 1. The van der Waals surface area contributed by atoms with Gasteiger partial charge in [0, 0.05) is 0 Å². The summed E-state index contributed by atoms with van der Waals surface area (Å²) in [5.74, 6) is 1.58. The zero-order chi connectivity index (χ0) is 12.8. The molecule has 2 rings (SSSR count). The summed E-state index contributed by atoms with van der Waals surface area (Å²) in [4.78, 5) is 11.7. The molecule has 2 aliphatic carbocycles. The largest absolute Gasteiger partial charge is 0.461 e. The first-order valence-electron chi connectivity index (χ1n) is 6.58. The summed E-state index contributed by atoms with van der Waals surface area (Å²) in [6.07, 6.45) is 4.57. The number of allylic oxidation sites excluding steroid dienone is 1. The Balaban J connectivity index is 1.83. The average Bonchev–Trinajstić information content (AvgIpc) is 2.76. The third-order valence-electron chi connectivity index (χ3n) is 4.43.